The van der Waals surface area contributed by atoms with Gasteiger partial charge in [0.25, 0.3) is 0 Å². The number of rotatable bonds is 4. The highest BCUT2D eigenvalue weighted by Gasteiger charge is 2.17. The van der Waals surface area contributed by atoms with Crippen molar-refractivity contribution in [2.75, 3.05) is 16.8 Å². The summed E-state index contributed by atoms with van der Waals surface area (Å²) in [6, 6.07) is 16.1. The number of anilines is 2. The Balaban J connectivity index is 2.18. The van der Waals surface area contributed by atoms with Crippen LogP contribution >= 0.6 is 0 Å². The molecule has 0 bridgehead atoms. The van der Waals surface area contributed by atoms with Crippen LogP contribution in [0.4, 0.5) is 11.4 Å². The zero-order valence-corrected chi connectivity index (χ0v) is 13.0. The molecule has 0 fully saturated rings. The van der Waals surface area contributed by atoms with Gasteiger partial charge in [0.1, 0.15) is 12.6 Å². The number of para-hydroxylation sites is 2. The van der Waals surface area contributed by atoms with Crippen molar-refractivity contribution >= 4 is 23.2 Å². The number of nitrogens with one attached hydrogen (secondary N) is 1. The van der Waals surface area contributed by atoms with Crippen LogP contribution in [0.25, 0.3) is 0 Å². The third-order valence-electron chi connectivity index (χ3n) is 3.41. The predicted octanol–water partition coefficient (Wildman–Crippen LogP) is 2.86. The van der Waals surface area contributed by atoms with E-state index in [1.165, 1.54) is 11.8 Å². The molecule has 0 radical (unpaired) electrons. The maximum Gasteiger partial charge on any atom is 0.244 e. The summed E-state index contributed by atoms with van der Waals surface area (Å²) in [5, 5.41) is 11.7. The van der Waals surface area contributed by atoms with Crippen LogP contribution in [-0.2, 0) is 9.59 Å². The highest BCUT2D eigenvalue weighted by Crippen LogP contribution is 2.20. The Labute approximate surface area is 135 Å². The van der Waals surface area contributed by atoms with Gasteiger partial charge in [0.05, 0.1) is 11.3 Å². The van der Waals surface area contributed by atoms with E-state index < -0.39 is 0 Å². The second-order valence-corrected chi connectivity index (χ2v) is 5.10. The average Bonchev–Trinajstić information content (AvgIpc) is 2.53. The molecular formula is C18H17N3O2. The highest BCUT2D eigenvalue weighted by molar-refractivity contribution is 6.02. The van der Waals surface area contributed by atoms with Gasteiger partial charge in [-0.3, -0.25) is 9.59 Å². The number of benzene rings is 2. The molecule has 5 nitrogen and oxygen atoms in total. The number of aryl methyl sites for hydroxylation is 1. The molecule has 0 heterocycles. The number of carbonyl (C=O) groups excluding carboxylic acids is 2. The Kier molecular flexibility index (Phi) is 5.11. The molecule has 0 unspecified atom stereocenters. The molecule has 116 valence electrons. The van der Waals surface area contributed by atoms with Crippen molar-refractivity contribution in [3.63, 3.8) is 0 Å². The van der Waals surface area contributed by atoms with Gasteiger partial charge in [-0.25, -0.2) is 0 Å². The number of nitriles is 1. The van der Waals surface area contributed by atoms with Crippen LogP contribution in [0.3, 0.4) is 0 Å². The molecule has 1 N–H and O–H groups in total. The van der Waals surface area contributed by atoms with E-state index in [0.717, 1.165) is 5.56 Å². The third kappa shape index (κ3) is 3.95. The quantitative estimate of drug-likeness (QED) is 0.944. The molecule has 0 aromatic heterocycles. The summed E-state index contributed by atoms with van der Waals surface area (Å²) < 4.78 is 0. The number of hydrogen-bond acceptors (Lipinski definition) is 3. The average molecular weight is 307 g/mol. The van der Waals surface area contributed by atoms with Crippen molar-refractivity contribution in [1.29, 1.82) is 5.26 Å². The molecule has 2 amide bonds. The van der Waals surface area contributed by atoms with Gasteiger partial charge in [-0.1, -0.05) is 30.3 Å². The van der Waals surface area contributed by atoms with Gasteiger partial charge in [0.15, 0.2) is 0 Å². The Morgan fingerprint density at radius 1 is 1.13 bits per heavy atom. The molecule has 0 saturated carbocycles. The van der Waals surface area contributed by atoms with Crippen molar-refractivity contribution in [2.24, 2.45) is 0 Å². The van der Waals surface area contributed by atoms with Crippen molar-refractivity contribution in [2.45, 2.75) is 13.8 Å². The van der Waals surface area contributed by atoms with Crippen LogP contribution < -0.4 is 10.2 Å². The zero-order chi connectivity index (χ0) is 16.8. The summed E-state index contributed by atoms with van der Waals surface area (Å²) >= 11 is 0. The molecule has 2 rings (SSSR count). The first-order valence-corrected chi connectivity index (χ1v) is 7.15. The molecule has 2 aromatic rings. The lowest BCUT2D eigenvalue weighted by atomic mass is 10.1. The van der Waals surface area contributed by atoms with Crippen LogP contribution in [0.2, 0.25) is 0 Å². The van der Waals surface area contributed by atoms with Gasteiger partial charge in [-0.15, -0.1) is 0 Å². The SMILES string of the molecule is CC(=O)N(CC(=O)Nc1ccccc1C#N)c1ccccc1C. The molecule has 0 aliphatic heterocycles. The Morgan fingerprint density at radius 3 is 2.43 bits per heavy atom. The molecule has 0 saturated heterocycles. The number of hydrogen-bond donors (Lipinski definition) is 1. The molecule has 0 aliphatic carbocycles. The summed E-state index contributed by atoms with van der Waals surface area (Å²) in [4.78, 5) is 25.6. The van der Waals surface area contributed by atoms with Gasteiger partial charge in [-0.05, 0) is 30.7 Å². The second-order valence-electron chi connectivity index (χ2n) is 5.10. The smallest absolute Gasteiger partial charge is 0.244 e. The summed E-state index contributed by atoms with van der Waals surface area (Å²) in [6.45, 7) is 3.19. The lowest BCUT2D eigenvalue weighted by molar-refractivity contribution is -0.120. The largest absolute Gasteiger partial charge is 0.323 e. The van der Waals surface area contributed by atoms with E-state index in [1.54, 1.807) is 30.3 Å². The second kappa shape index (κ2) is 7.23. The molecule has 0 spiro atoms. The fourth-order valence-electron chi connectivity index (χ4n) is 2.26. The van der Waals surface area contributed by atoms with Gasteiger partial charge >= 0.3 is 0 Å². The number of nitrogens with zero attached hydrogens (tertiary/aromatic N) is 2. The van der Waals surface area contributed by atoms with Crippen molar-refractivity contribution < 1.29 is 9.59 Å². The van der Waals surface area contributed by atoms with E-state index in [1.807, 2.05) is 31.2 Å². The minimum atomic E-state index is -0.355. The van der Waals surface area contributed by atoms with Crippen molar-refractivity contribution in [1.82, 2.24) is 0 Å². The normalized spacial score (nSPS) is 9.78. The lowest BCUT2D eigenvalue weighted by Crippen LogP contribution is -2.37. The summed E-state index contributed by atoms with van der Waals surface area (Å²) in [5.74, 6) is -0.575. The molecule has 0 atom stereocenters. The Hall–Kier alpha value is -3.13. The molecule has 23 heavy (non-hydrogen) atoms. The summed E-state index contributed by atoms with van der Waals surface area (Å²) in [7, 11) is 0. The summed E-state index contributed by atoms with van der Waals surface area (Å²) in [6.07, 6.45) is 0. The topological polar surface area (TPSA) is 73.2 Å². The molecule has 0 aliphatic rings. The number of amides is 2. The van der Waals surface area contributed by atoms with Crippen LogP contribution in [-0.4, -0.2) is 18.4 Å². The predicted molar refractivity (Wildman–Crippen MR) is 89.0 cm³/mol. The van der Waals surface area contributed by atoms with E-state index in [4.69, 9.17) is 5.26 Å². The van der Waals surface area contributed by atoms with Gasteiger partial charge in [-0.2, -0.15) is 5.26 Å². The molecule has 5 heteroatoms. The van der Waals surface area contributed by atoms with E-state index in [-0.39, 0.29) is 18.4 Å². The van der Waals surface area contributed by atoms with E-state index >= 15 is 0 Å². The highest BCUT2D eigenvalue weighted by atomic mass is 16.2. The maximum absolute atomic E-state index is 12.3. The van der Waals surface area contributed by atoms with Gasteiger partial charge in [0.2, 0.25) is 11.8 Å². The zero-order valence-electron chi connectivity index (χ0n) is 13.0. The van der Waals surface area contributed by atoms with Crippen LogP contribution in [0.1, 0.15) is 18.1 Å². The first-order chi connectivity index (χ1) is 11.0. The van der Waals surface area contributed by atoms with Gasteiger partial charge in [0, 0.05) is 12.6 Å². The first kappa shape index (κ1) is 16.2. The van der Waals surface area contributed by atoms with E-state index in [9.17, 15) is 9.59 Å². The molecule has 2 aromatic carbocycles. The maximum atomic E-state index is 12.3. The van der Waals surface area contributed by atoms with Gasteiger partial charge < -0.3 is 10.2 Å². The third-order valence-corrected chi connectivity index (χ3v) is 3.41. The monoisotopic (exact) mass is 307 g/mol. The number of carbonyl (C=O) groups is 2. The standard InChI is InChI=1S/C18H17N3O2/c1-13-7-3-6-10-17(13)21(14(2)22)12-18(23)20-16-9-5-4-8-15(16)11-19/h3-10H,12H2,1-2H3,(H,20,23). The van der Waals surface area contributed by atoms with Crippen LogP contribution in [0.5, 0.6) is 0 Å². The Morgan fingerprint density at radius 2 is 1.78 bits per heavy atom. The minimum absolute atomic E-state index is 0.111. The molecular weight excluding hydrogens is 290 g/mol. The fourth-order valence-corrected chi connectivity index (χ4v) is 2.26. The fraction of sp³-hybridized carbons (Fsp3) is 0.167. The van der Waals surface area contributed by atoms with Crippen molar-refractivity contribution in [3.05, 3.63) is 59.7 Å². The lowest BCUT2D eigenvalue weighted by Gasteiger charge is -2.22. The van der Waals surface area contributed by atoms with Crippen LogP contribution in [0.15, 0.2) is 48.5 Å². The van der Waals surface area contributed by atoms with E-state index in [0.29, 0.717) is 16.9 Å². The first-order valence-electron chi connectivity index (χ1n) is 7.15. The van der Waals surface area contributed by atoms with Crippen LogP contribution in [0, 0.1) is 18.3 Å². The summed E-state index contributed by atoms with van der Waals surface area (Å²) in [5.41, 5.74) is 2.43. The Bertz CT molecular complexity index is 778. The van der Waals surface area contributed by atoms with Crippen molar-refractivity contribution in [3.8, 4) is 6.07 Å². The van der Waals surface area contributed by atoms with E-state index in [2.05, 4.69) is 5.32 Å². The minimum Gasteiger partial charge on any atom is -0.323 e.